The van der Waals surface area contributed by atoms with Crippen LogP contribution in [0.25, 0.3) is 0 Å². The second-order valence-electron chi connectivity index (χ2n) is 6.21. The van der Waals surface area contributed by atoms with Crippen LogP contribution in [-0.4, -0.2) is 11.6 Å². The molecular weight excluding hydrogens is 327 g/mol. The molecule has 128 valence electrons. The summed E-state index contributed by atoms with van der Waals surface area (Å²) in [4.78, 5) is 4.20. The van der Waals surface area contributed by atoms with E-state index in [2.05, 4.69) is 23.3 Å². The van der Waals surface area contributed by atoms with E-state index in [-0.39, 0.29) is 18.0 Å². The third-order valence-corrected chi connectivity index (χ3v) is 4.90. The molecule has 1 aliphatic heterocycles. The number of aromatic nitrogens is 1. The highest BCUT2D eigenvalue weighted by molar-refractivity contribution is 6.31. The largest absolute Gasteiger partial charge is 0.373 e. The molecule has 1 aliphatic rings. The molecule has 2 atom stereocenters. The summed E-state index contributed by atoms with van der Waals surface area (Å²) in [6.07, 6.45) is 3.82. The molecule has 1 N–H and O–H groups in total. The minimum absolute atomic E-state index is 0.0938. The van der Waals surface area contributed by atoms with E-state index < -0.39 is 0 Å². The molecule has 0 radical (unpaired) electrons. The third kappa shape index (κ3) is 3.70. The average Bonchev–Trinajstić information content (AvgIpc) is 3.11. The summed E-state index contributed by atoms with van der Waals surface area (Å²) < 4.78 is 19.7. The lowest BCUT2D eigenvalue weighted by Crippen LogP contribution is -2.12. The zero-order valence-electron chi connectivity index (χ0n) is 14.0. The van der Waals surface area contributed by atoms with Crippen LogP contribution in [0.1, 0.15) is 55.0 Å². The van der Waals surface area contributed by atoms with Crippen molar-refractivity contribution < 1.29 is 9.13 Å². The van der Waals surface area contributed by atoms with Crippen molar-refractivity contribution in [1.82, 2.24) is 4.98 Å². The van der Waals surface area contributed by atoms with Gasteiger partial charge in [0, 0.05) is 17.2 Å². The molecule has 0 bridgehead atoms. The highest BCUT2D eigenvalue weighted by Gasteiger charge is 2.22. The molecule has 5 heteroatoms. The van der Waals surface area contributed by atoms with Gasteiger partial charge in [-0.3, -0.25) is 0 Å². The Hall–Kier alpha value is -1.65. The minimum atomic E-state index is -0.303. The Morgan fingerprint density at radius 1 is 1.42 bits per heavy atom. The smallest absolute Gasteiger partial charge is 0.147 e. The van der Waals surface area contributed by atoms with E-state index in [1.54, 1.807) is 6.07 Å². The Morgan fingerprint density at radius 2 is 2.25 bits per heavy atom. The molecule has 3 nitrogen and oxygen atoms in total. The van der Waals surface area contributed by atoms with Crippen LogP contribution in [0.3, 0.4) is 0 Å². The summed E-state index contributed by atoms with van der Waals surface area (Å²) in [5.41, 5.74) is 2.78. The first-order valence-electron chi connectivity index (χ1n) is 8.38. The van der Waals surface area contributed by atoms with Crippen LogP contribution >= 0.6 is 11.6 Å². The van der Waals surface area contributed by atoms with E-state index in [0.717, 1.165) is 35.4 Å². The van der Waals surface area contributed by atoms with Crippen molar-refractivity contribution in [3.05, 3.63) is 58.0 Å². The van der Waals surface area contributed by atoms with Gasteiger partial charge in [0.2, 0.25) is 0 Å². The molecular formula is C19H22ClFN2O. The van der Waals surface area contributed by atoms with E-state index in [4.69, 9.17) is 16.3 Å². The maximum absolute atomic E-state index is 14.1. The van der Waals surface area contributed by atoms with Gasteiger partial charge in [0.05, 0.1) is 18.3 Å². The number of ether oxygens (including phenoxy) is 1. The average molecular weight is 349 g/mol. The van der Waals surface area contributed by atoms with Crippen molar-refractivity contribution in [2.45, 2.75) is 45.3 Å². The second-order valence-corrected chi connectivity index (χ2v) is 6.61. The molecule has 1 aromatic heterocycles. The second kappa shape index (κ2) is 7.49. The Balaban J connectivity index is 1.82. The maximum atomic E-state index is 14.1. The first-order chi connectivity index (χ1) is 11.6. The standard InChI is InChI=1S/C19H22ClFN2O/c1-3-17(13-6-7-15(20)12(2)9-13)23-19-10-14(16(21)11-22-19)18-5-4-8-24-18/h6-7,9-11,17-18H,3-5,8H2,1-2H3,(H,22,23)/t17-,18?/m1/s1. The van der Waals surface area contributed by atoms with E-state index in [1.807, 2.05) is 19.1 Å². The van der Waals surface area contributed by atoms with Gasteiger partial charge in [-0.05, 0) is 49.4 Å². The fourth-order valence-corrected chi connectivity index (χ4v) is 3.20. The Kier molecular flexibility index (Phi) is 5.36. The van der Waals surface area contributed by atoms with Gasteiger partial charge >= 0.3 is 0 Å². The number of anilines is 1. The quantitative estimate of drug-likeness (QED) is 0.764. The maximum Gasteiger partial charge on any atom is 0.147 e. The number of nitrogens with one attached hydrogen (secondary N) is 1. The number of hydrogen-bond acceptors (Lipinski definition) is 3. The summed E-state index contributed by atoms with van der Waals surface area (Å²) in [7, 11) is 0. The molecule has 0 spiro atoms. The van der Waals surface area contributed by atoms with Crippen molar-refractivity contribution >= 4 is 17.4 Å². The van der Waals surface area contributed by atoms with Crippen LogP contribution in [-0.2, 0) is 4.74 Å². The summed E-state index contributed by atoms with van der Waals surface area (Å²) in [6.45, 7) is 4.78. The van der Waals surface area contributed by atoms with E-state index in [1.165, 1.54) is 6.20 Å². The number of hydrogen-bond donors (Lipinski definition) is 1. The van der Waals surface area contributed by atoms with Crippen LogP contribution in [0.15, 0.2) is 30.5 Å². The summed E-state index contributed by atoms with van der Waals surface area (Å²) in [5, 5.41) is 4.16. The minimum Gasteiger partial charge on any atom is -0.373 e. The summed E-state index contributed by atoms with van der Waals surface area (Å²) in [5.74, 6) is 0.365. The molecule has 0 saturated carbocycles. The first kappa shape index (κ1) is 17.2. The monoisotopic (exact) mass is 348 g/mol. The molecule has 1 saturated heterocycles. The Labute approximate surface area is 147 Å². The number of halogens is 2. The lowest BCUT2D eigenvalue weighted by Gasteiger charge is -2.20. The SMILES string of the molecule is CC[C@@H](Nc1cc(C2CCCO2)c(F)cn1)c1ccc(Cl)c(C)c1. The van der Waals surface area contributed by atoms with Gasteiger partial charge in [-0.15, -0.1) is 0 Å². The number of rotatable bonds is 5. The fourth-order valence-electron chi connectivity index (χ4n) is 3.09. The van der Waals surface area contributed by atoms with Gasteiger partial charge in [-0.2, -0.15) is 0 Å². The van der Waals surface area contributed by atoms with Gasteiger partial charge in [0.1, 0.15) is 11.6 Å². The van der Waals surface area contributed by atoms with Crippen LogP contribution in [0.2, 0.25) is 5.02 Å². The predicted octanol–water partition coefficient (Wildman–Crippen LogP) is 5.60. The number of nitrogens with zero attached hydrogens (tertiary/aromatic N) is 1. The van der Waals surface area contributed by atoms with Crippen molar-refractivity contribution in [3.8, 4) is 0 Å². The predicted molar refractivity (Wildman–Crippen MR) is 95.0 cm³/mol. The Morgan fingerprint density at radius 3 is 2.92 bits per heavy atom. The normalized spacial score (nSPS) is 18.6. The molecule has 1 unspecified atom stereocenters. The van der Waals surface area contributed by atoms with E-state index in [9.17, 15) is 4.39 Å². The number of benzene rings is 1. The van der Waals surface area contributed by atoms with Gasteiger partial charge in [-0.25, -0.2) is 9.37 Å². The molecule has 1 fully saturated rings. The van der Waals surface area contributed by atoms with E-state index >= 15 is 0 Å². The molecule has 3 rings (SSSR count). The van der Waals surface area contributed by atoms with Crippen molar-refractivity contribution in [1.29, 1.82) is 0 Å². The molecule has 1 aromatic carbocycles. The number of aryl methyl sites for hydroxylation is 1. The molecule has 2 aromatic rings. The van der Waals surface area contributed by atoms with Crippen LogP contribution in [0, 0.1) is 12.7 Å². The van der Waals surface area contributed by atoms with Crippen LogP contribution < -0.4 is 5.32 Å². The first-order valence-corrected chi connectivity index (χ1v) is 8.76. The molecule has 2 heterocycles. The van der Waals surface area contributed by atoms with Crippen molar-refractivity contribution in [2.24, 2.45) is 0 Å². The zero-order valence-corrected chi connectivity index (χ0v) is 14.7. The molecule has 0 aliphatic carbocycles. The molecule has 0 amide bonds. The van der Waals surface area contributed by atoms with Gasteiger partial charge in [0.25, 0.3) is 0 Å². The highest BCUT2D eigenvalue weighted by atomic mass is 35.5. The summed E-state index contributed by atoms with van der Waals surface area (Å²) in [6, 6.07) is 7.87. The van der Waals surface area contributed by atoms with Crippen molar-refractivity contribution in [2.75, 3.05) is 11.9 Å². The topological polar surface area (TPSA) is 34.1 Å². The fraction of sp³-hybridized carbons (Fsp3) is 0.421. The van der Waals surface area contributed by atoms with Crippen LogP contribution in [0.4, 0.5) is 10.2 Å². The number of pyridine rings is 1. The lowest BCUT2D eigenvalue weighted by molar-refractivity contribution is 0.109. The Bertz CT molecular complexity index is 717. The summed E-state index contributed by atoms with van der Waals surface area (Å²) >= 11 is 6.11. The van der Waals surface area contributed by atoms with Crippen LogP contribution in [0.5, 0.6) is 0 Å². The third-order valence-electron chi connectivity index (χ3n) is 4.48. The van der Waals surface area contributed by atoms with Crippen molar-refractivity contribution in [3.63, 3.8) is 0 Å². The zero-order chi connectivity index (χ0) is 17.1. The highest BCUT2D eigenvalue weighted by Crippen LogP contribution is 2.32. The van der Waals surface area contributed by atoms with Gasteiger partial charge < -0.3 is 10.1 Å². The van der Waals surface area contributed by atoms with E-state index in [0.29, 0.717) is 18.0 Å². The molecule has 24 heavy (non-hydrogen) atoms. The van der Waals surface area contributed by atoms with Gasteiger partial charge in [-0.1, -0.05) is 30.7 Å². The lowest BCUT2D eigenvalue weighted by atomic mass is 10.0. The van der Waals surface area contributed by atoms with Gasteiger partial charge in [0.15, 0.2) is 0 Å².